The Morgan fingerprint density at radius 3 is 2.87 bits per heavy atom. The van der Waals surface area contributed by atoms with Crippen molar-refractivity contribution in [2.24, 2.45) is 0 Å². The zero-order chi connectivity index (χ0) is 11.3. The van der Waals surface area contributed by atoms with Crippen molar-refractivity contribution in [1.29, 1.82) is 0 Å². The van der Waals surface area contributed by atoms with E-state index in [0.29, 0.717) is 6.61 Å². The maximum Gasteiger partial charge on any atom is 0.227 e. The first-order chi connectivity index (χ1) is 7.09. The van der Waals surface area contributed by atoms with Crippen molar-refractivity contribution in [3.63, 3.8) is 0 Å². The molecule has 0 saturated carbocycles. The smallest absolute Gasteiger partial charge is 0.227 e. The fraction of sp³-hybridized carbons (Fsp3) is 0.750. The van der Waals surface area contributed by atoms with Gasteiger partial charge < -0.3 is 9.47 Å². The van der Waals surface area contributed by atoms with Gasteiger partial charge in [0.15, 0.2) is 5.79 Å². The van der Waals surface area contributed by atoms with Crippen molar-refractivity contribution in [2.75, 3.05) is 6.61 Å². The van der Waals surface area contributed by atoms with Crippen LogP contribution in [0.1, 0.15) is 33.6 Å². The van der Waals surface area contributed by atoms with Crippen LogP contribution in [0, 0.1) is 6.61 Å². The molecular formula is C12H21O3+. The molecular weight excluding hydrogens is 192 g/mol. The van der Waals surface area contributed by atoms with Crippen molar-refractivity contribution in [2.45, 2.75) is 51.6 Å². The molecule has 0 aromatic rings. The first-order valence-corrected chi connectivity index (χ1v) is 5.49. The highest BCUT2D eigenvalue weighted by molar-refractivity contribution is 4.84. The summed E-state index contributed by atoms with van der Waals surface area (Å²) in [5.74, 6) is -0.486. The quantitative estimate of drug-likeness (QED) is 0.501. The van der Waals surface area contributed by atoms with Crippen LogP contribution in [0.5, 0.6) is 0 Å². The van der Waals surface area contributed by atoms with E-state index in [4.69, 9.17) is 14.2 Å². The summed E-state index contributed by atoms with van der Waals surface area (Å²) in [5, 5.41) is 0. The minimum Gasteiger partial charge on any atom is -0.348 e. The summed E-state index contributed by atoms with van der Waals surface area (Å²) in [4.78, 5) is 0. The zero-order valence-electron chi connectivity index (χ0n) is 9.86. The minimum atomic E-state index is -0.486. The molecule has 1 aliphatic rings. The van der Waals surface area contributed by atoms with Gasteiger partial charge in [0.2, 0.25) is 6.61 Å². The minimum absolute atomic E-state index is 0.000741. The van der Waals surface area contributed by atoms with Crippen molar-refractivity contribution in [1.82, 2.24) is 0 Å². The van der Waals surface area contributed by atoms with Crippen LogP contribution >= 0.6 is 0 Å². The van der Waals surface area contributed by atoms with Crippen LogP contribution in [0.2, 0.25) is 0 Å². The predicted octanol–water partition coefficient (Wildman–Crippen LogP) is 2.67. The van der Waals surface area contributed by atoms with Crippen molar-refractivity contribution in [3.05, 3.63) is 19.3 Å². The second-order valence-corrected chi connectivity index (χ2v) is 4.14. The van der Waals surface area contributed by atoms with Gasteiger partial charge in [0.1, 0.15) is 18.6 Å². The first kappa shape index (κ1) is 12.6. The van der Waals surface area contributed by atoms with E-state index >= 15 is 0 Å². The van der Waals surface area contributed by atoms with E-state index in [1.54, 1.807) is 0 Å². The Morgan fingerprint density at radius 1 is 1.67 bits per heavy atom. The van der Waals surface area contributed by atoms with Gasteiger partial charge in [0, 0.05) is 0 Å². The molecule has 1 saturated heterocycles. The predicted molar refractivity (Wildman–Crippen MR) is 59.2 cm³/mol. The third kappa shape index (κ3) is 3.86. The molecule has 0 aliphatic carbocycles. The van der Waals surface area contributed by atoms with Gasteiger partial charge in [0.05, 0.1) is 6.61 Å². The van der Waals surface area contributed by atoms with Crippen molar-refractivity contribution in [3.8, 4) is 0 Å². The van der Waals surface area contributed by atoms with Gasteiger partial charge in [-0.15, -0.1) is 6.58 Å². The number of ether oxygens (including phenoxy) is 3. The number of hydrogen-bond acceptors (Lipinski definition) is 3. The Hall–Kier alpha value is -0.510. The van der Waals surface area contributed by atoms with Crippen LogP contribution in [0.15, 0.2) is 12.7 Å². The Balaban J connectivity index is 2.45. The molecule has 86 valence electrons. The molecule has 0 aromatic carbocycles. The summed E-state index contributed by atoms with van der Waals surface area (Å²) in [7, 11) is 0. The lowest BCUT2D eigenvalue weighted by molar-refractivity contribution is -0.153. The lowest BCUT2D eigenvalue weighted by atomic mass is 10.1. The van der Waals surface area contributed by atoms with E-state index in [1.165, 1.54) is 0 Å². The van der Waals surface area contributed by atoms with Gasteiger partial charge in [-0.1, -0.05) is 6.08 Å². The van der Waals surface area contributed by atoms with E-state index in [1.807, 2.05) is 33.5 Å². The molecule has 0 spiro atoms. The maximum atomic E-state index is 5.75. The lowest BCUT2D eigenvalue weighted by Gasteiger charge is -2.20. The molecule has 1 aliphatic heterocycles. The molecule has 0 aromatic heterocycles. The summed E-state index contributed by atoms with van der Waals surface area (Å²) in [6, 6.07) is 0. The first-order valence-electron chi connectivity index (χ1n) is 5.49. The van der Waals surface area contributed by atoms with E-state index in [2.05, 4.69) is 6.58 Å². The average molecular weight is 213 g/mol. The van der Waals surface area contributed by atoms with Gasteiger partial charge in [-0.05, 0) is 27.2 Å². The van der Waals surface area contributed by atoms with Crippen LogP contribution in [-0.4, -0.2) is 24.6 Å². The fourth-order valence-electron chi connectivity index (χ4n) is 1.58. The maximum absolute atomic E-state index is 5.75. The summed E-state index contributed by atoms with van der Waals surface area (Å²) in [6.07, 6.45) is 3.54. The van der Waals surface area contributed by atoms with Gasteiger partial charge in [0.25, 0.3) is 0 Å². The second-order valence-electron chi connectivity index (χ2n) is 4.14. The van der Waals surface area contributed by atoms with E-state index < -0.39 is 5.79 Å². The second kappa shape index (κ2) is 5.54. The zero-order valence-corrected chi connectivity index (χ0v) is 9.86. The Morgan fingerprint density at radius 2 is 2.40 bits per heavy atom. The van der Waals surface area contributed by atoms with Crippen molar-refractivity contribution >= 4 is 0 Å². The van der Waals surface area contributed by atoms with Crippen LogP contribution in [0.3, 0.4) is 0 Å². The number of hydrogen-bond donors (Lipinski definition) is 0. The molecule has 1 fully saturated rings. The highest BCUT2D eigenvalue weighted by Crippen LogP contribution is 2.27. The summed E-state index contributed by atoms with van der Waals surface area (Å²) < 4.78 is 16.9. The summed E-state index contributed by atoms with van der Waals surface area (Å²) in [6.45, 7) is 12.0. The van der Waals surface area contributed by atoms with E-state index in [-0.39, 0.29) is 12.2 Å². The summed E-state index contributed by atoms with van der Waals surface area (Å²) in [5.41, 5.74) is 0. The molecule has 2 atom stereocenters. The van der Waals surface area contributed by atoms with E-state index in [9.17, 15) is 0 Å². The Bertz CT molecular complexity index is 201. The molecule has 15 heavy (non-hydrogen) atoms. The van der Waals surface area contributed by atoms with Crippen LogP contribution < -0.4 is 0 Å². The molecule has 0 amide bonds. The van der Waals surface area contributed by atoms with Crippen molar-refractivity contribution < 1.29 is 14.2 Å². The highest BCUT2D eigenvalue weighted by Gasteiger charge is 2.38. The largest absolute Gasteiger partial charge is 0.348 e. The SMILES string of the molecule is C=CC[C@H](O[CH+]CC)C1COC(C)(C)O1. The van der Waals surface area contributed by atoms with Gasteiger partial charge >= 0.3 is 0 Å². The third-order valence-electron chi connectivity index (χ3n) is 2.28. The van der Waals surface area contributed by atoms with Gasteiger partial charge in [-0.3, -0.25) is 0 Å². The van der Waals surface area contributed by atoms with Crippen LogP contribution in [0.25, 0.3) is 0 Å². The Labute approximate surface area is 92.4 Å². The van der Waals surface area contributed by atoms with E-state index in [0.717, 1.165) is 12.8 Å². The molecule has 3 heteroatoms. The van der Waals surface area contributed by atoms with Gasteiger partial charge in [-0.2, -0.15) is 4.74 Å². The molecule has 1 heterocycles. The van der Waals surface area contributed by atoms with Crippen LogP contribution in [-0.2, 0) is 14.2 Å². The Kier molecular flexibility index (Phi) is 4.64. The average Bonchev–Trinajstić information content (AvgIpc) is 2.53. The molecule has 0 N–H and O–H groups in total. The van der Waals surface area contributed by atoms with Gasteiger partial charge in [-0.25, -0.2) is 0 Å². The molecule has 0 bridgehead atoms. The molecule has 1 rings (SSSR count). The normalized spacial score (nSPS) is 26.2. The standard InChI is InChI=1S/C12H21O3/c1-5-7-10(13-8-6-2)11-9-14-12(3,4)15-11/h5,8,10-11H,1,6-7,9H2,2-4H3/q+1/t10-,11?/m0/s1. The highest BCUT2D eigenvalue weighted by atomic mass is 16.7. The fourth-order valence-corrected chi connectivity index (χ4v) is 1.58. The topological polar surface area (TPSA) is 27.7 Å². The number of rotatable bonds is 6. The third-order valence-corrected chi connectivity index (χ3v) is 2.28. The van der Waals surface area contributed by atoms with Crippen LogP contribution in [0.4, 0.5) is 0 Å². The molecule has 3 nitrogen and oxygen atoms in total. The monoisotopic (exact) mass is 213 g/mol. The molecule has 1 unspecified atom stereocenters. The lowest BCUT2D eigenvalue weighted by Crippen LogP contribution is -2.32. The molecule has 0 radical (unpaired) electrons. The summed E-state index contributed by atoms with van der Waals surface area (Å²) >= 11 is 0.